The lowest BCUT2D eigenvalue weighted by Crippen LogP contribution is -2.29. The van der Waals surface area contributed by atoms with Gasteiger partial charge in [0.1, 0.15) is 4.90 Å². The van der Waals surface area contributed by atoms with E-state index in [-0.39, 0.29) is 26.7 Å². The van der Waals surface area contributed by atoms with Gasteiger partial charge in [0, 0.05) is 22.0 Å². The summed E-state index contributed by atoms with van der Waals surface area (Å²) in [6.07, 6.45) is 0.931. The van der Waals surface area contributed by atoms with E-state index >= 15 is 0 Å². The average Bonchev–Trinajstić information content (AvgIpc) is 3.06. The lowest BCUT2D eigenvalue weighted by Gasteiger charge is -2.17. The van der Waals surface area contributed by atoms with Crippen LogP contribution in [0.15, 0.2) is 39.7 Å². The second-order valence-electron chi connectivity index (χ2n) is 6.77. The number of benzene rings is 1. The third-order valence-corrected chi connectivity index (χ3v) is 6.96. The molecule has 0 bridgehead atoms. The lowest BCUT2D eigenvalue weighted by atomic mass is 10.0. The van der Waals surface area contributed by atoms with E-state index in [0.29, 0.717) is 18.4 Å². The predicted octanol–water partition coefficient (Wildman–Crippen LogP) is 3.66. The smallest absolute Gasteiger partial charge is 0.478 e. The van der Waals surface area contributed by atoms with Gasteiger partial charge in [0.05, 0.1) is 11.1 Å². The summed E-state index contributed by atoms with van der Waals surface area (Å²) in [5.41, 5.74) is -5.95. The number of hydrogen-bond acceptors (Lipinski definition) is 7. The number of carboxylic acid groups (broad SMARTS) is 1. The molecule has 3 rings (SSSR count). The van der Waals surface area contributed by atoms with E-state index in [4.69, 9.17) is 0 Å². The molecule has 0 aliphatic carbocycles. The number of nitrogens with zero attached hydrogens (tertiary/aromatic N) is 2. The number of carboxylic acids is 1. The summed E-state index contributed by atoms with van der Waals surface area (Å²) in [5.74, 6) is -2.68. The molecule has 0 saturated heterocycles. The van der Waals surface area contributed by atoms with Crippen LogP contribution in [0.2, 0.25) is 0 Å². The molecule has 33 heavy (non-hydrogen) atoms. The van der Waals surface area contributed by atoms with Crippen LogP contribution in [0.25, 0.3) is 16.6 Å². The highest BCUT2D eigenvalue weighted by Gasteiger charge is 2.49. The van der Waals surface area contributed by atoms with Crippen LogP contribution in [-0.2, 0) is 26.4 Å². The molecule has 2 heterocycles. The first-order chi connectivity index (χ1) is 15.1. The average molecular weight is 571 g/mol. The molecule has 2 aromatic heterocycles. The Bertz CT molecular complexity index is 1500. The van der Waals surface area contributed by atoms with Crippen molar-refractivity contribution in [3.05, 3.63) is 46.1 Å². The quantitative estimate of drug-likeness (QED) is 0.351. The molecule has 0 saturated carbocycles. The summed E-state index contributed by atoms with van der Waals surface area (Å²) < 4.78 is 93.2. The van der Waals surface area contributed by atoms with Gasteiger partial charge in [-0.1, -0.05) is 22.9 Å². The summed E-state index contributed by atoms with van der Waals surface area (Å²) in [6, 6.07) is 6.59. The highest BCUT2D eigenvalue weighted by molar-refractivity contribution is 9.10. The first-order valence-corrected chi connectivity index (χ1v) is 13.0. The monoisotopic (exact) mass is 570 g/mol. The van der Waals surface area contributed by atoms with Crippen molar-refractivity contribution in [2.75, 3.05) is 6.26 Å². The highest BCUT2D eigenvalue weighted by atomic mass is 79.9. The number of aryl methyl sites for hydroxylation is 1. The van der Waals surface area contributed by atoms with E-state index in [9.17, 15) is 39.9 Å². The zero-order valence-electron chi connectivity index (χ0n) is 16.7. The molecule has 15 heteroatoms. The molecule has 178 valence electrons. The van der Waals surface area contributed by atoms with Crippen LogP contribution in [0, 0.1) is 0 Å². The van der Waals surface area contributed by atoms with Gasteiger partial charge in [-0.05, 0) is 42.3 Å². The maximum atomic E-state index is 13.0. The van der Waals surface area contributed by atoms with Crippen molar-refractivity contribution >= 4 is 47.4 Å². The summed E-state index contributed by atoms with van der Waals surface area (Å²) >= 11 is 3.12. The van der Waals surface area contributed by atoms with E-state index in [1.54, 1.807) is 6.92 Å². The van der Waals surface area contributed by atoms with Crippen LogP contribution in [0.1, 0.15) is 23.0 Å². The summed E-state index contributed by atoms with van der Waals surface area (Å²) in [5, 5.41) is 13.1. The van der Waals surface area contributed by atoms with E-state index < -0.39 is 42.2 Å². The molecule has 3 aromatic rings. The first kappa shape index (κ1) is 25.0. The van der Waals surface area contributed by atoms with Gasteiger partial charge in [-0.15, -0.1) is 5.10 Å². The lowest BCUT2D eigenvalue weighted by molar-refractivity contribution is -0.0502. The van der Waals surface area contributed by atoms with Crippen LogP contribution in [0.5, 0.6) is 5.88 Å². The van der Waals surface area contributed by atoms with Crippen molar-refractivity contribution in [2.45, 2.75) is 23.7 Å². The number of hydrogen-bond donors (Lipinski definition) is 1. The number of rotatable bonds is 6. The van der Waals surface area contributed by atoms with Gasteiger partial charge in [-0.2, -0.15) is 21.6 Å². The molecule has 1 aromatic carbocycles. The number of carbonyl (C=O) groups is 1. The van der Waals surface area contributed by atoms with Crippen molar-refractivity contribution in [3.8, 4) is 17.0 Å². The normalized spacial score (nSPS) is 12.8. The topological polar surface area (TPSA) is 132 Å². The second kappa shape index (κ2) is 8.29. The number of sulfone groups is 1. The van der Waals surface area contributed by atoms with Gasteiger partial charge in [0.2, 0.25) is 0 Å². The number of fused-ring (bicyclic) bond motifs is 1. The minimum Gasteiger partial charge on any atom is -0.478 e. The first-order valence-electron chi connectivity index (χ1n) is 8.86. The fraction of sp³-hybridized carbons (Fsp3) is 0.222. The third kappa shape index (κ3) is 4.70. The van der Waals surface area contributed by atoms with Crippen LogP contribution in [0.3, 0.4) is 0 Å². The minimum absolute atomic E-state index is 0.0374. The number of alkyl halides is 3. The predicted molar refractivity (Wildman–Crippen MR) is 113 cm³/mol. The number of aromatic nitrogens is 2. The molecule has 0 spiro atoms. The maximum absolute atomic E-state index is 13.0. The second-order valence-corrected chi connectivity index (χ2v) is 11.2. The Hall–Kier alpha value is -2.65. The fourth-order valence-electron chi connectivity index (χ4n) is 3.09. The van der Waals surface area contributed by atoms with Crippen molar-refractivity contribution < 1.29 is 44.1 Å². The summed E-state index contributed by atoms with van der Waals surface area (Å²) in [4.78, 5) is 10.6. The summed E-state index contributed by atoms with van der Waals surface area (Å²) in [7, 11) is -10.7. The molecule has 0 unspecified atom stereocenters. The van der Waals surface area contributed by atoms with Crippen LogP contribution in [-0.4, -0.2) is 49.3 Å². The van der Waals surface area contributed by atoms with E-state index in [2.05, 4.69) is 25.2 Å². The molecule has 0 radical (unpaired) electrons. The zero-order valence-corrected chi connectivity index (χ0v) is 19.9. The SMILES string of the molecule is CCc1ccc2c(-c3cc(Br)cc(C(=O)O)c3)c(S(C)(=O)=O)c(OS(=O)(=O)C(F)(F)F)nn12. The zero-order chi connectivity index (χ0) is 24.9. The highest BCUT2D eigenvalue weighted by Crippen LogP contribution is 2.40. The Kier molecular flexibility index (Phi) is 6.27. The Labute approximate surface area is 194 Å². The largest absolute Gasteiger partial charge is 0.534 e. The number of aromatic carboxylic acids is 1. The molecule has 0 aliphatic heterocycles. The molecule has 0 atom stereocenters. The van der Waals surface area contributed by atoms with Crippen LogP contribution >= 0.6 is 15.9 Å². The maximum Gasteiger partial charge on any atom is 0.534 e. The van der Waals surface area contributed by atoms with Gasteiger partial charge in [0.25, 0.3) is 5.88 Å². The van der Waals surface area contributed by atoms with Crippen molar-refractivity contribution in [1.29, 1.82) is 0 Å². The van der Waals surface area contributed by atoms with E-state index in [0.717, 1.165) is 10.6 Å². The van der Waals surface area contributed by atoms with Crippen LogP contribution < -0.4 is 4.18 Å². The van der Waals surface area contributed by atoms with Gasteiger partial charge >= 0.3 is 21.6 Å². The molecular weight excluding hydrogens is 557 g/mol. The van der Waals surface area contributed by atoms with Crippen molar-refractivity contribution in [3.63, 3.8) is 0 Å². The summed E-state index contributed by atoms with van der Waals surface area (Å²) in [6.45, 7) is 1.68. The molecular formula is C18H14BrF3N2O7S2. The molecule has 0 fully saturated rings. The van der Waals surface area contributed by atoms with Gasteiger partial charge in [-0.25, -0.2) is 17.7 Å². The molecule has 9 nitrogen and oxygen atoms in total. The van der Waals surface area contributed by atoms with Gasteiger partial charge in [-0.3, -0.25) is 0 Å². The van der Waals surface area contributed by atoms with E-state index in [1.807, 2.05) is 0 Å². The van der Waals surface area contributed by atoms with Gasteiger partial charge in [0.15, 0.2) is 9.84 Å². The van der Waals surface area contributed by atoms with Gasteiger partial charge < -0.3 is 9.29 Å². The third-order valence-electron chi connectivity index (χ3n) is 4.44. The molecule has 0 amide bonds. The Balaban J connectivity index is 2.54. The van der Waals surface area contributed by atoms with E-state index in [1.165, 1.54) is 24.3 Å². The molecule has 1 N–H and O–H groups in total. The van der Waals surface area contributed by atoms with Crippen LogP contribution in [0.4, 0.5) is 13.2 Å². The Morgan fingerprint density at radius 2 is 1.82 bits per heavy atom. The standard InChI is InChI=1S/C18H14BrF3N2O7S2/c1-3-12-4-5-13-14(9-6-10(17(25)26)8-11(19)7-9)15(32(2,27)28)16(23-24(12)13)31-33(29,30)18(20,21)22/h4-8H,3H2,1-2H3,(H,25,26). The Morgan fingerprint density at radius 3 is 2.33 bits per heavy atom. The van der Waals surface area contributed by atoms with Crippen molar-refractivity contribution in [1.82, 2.24) is 9.61 Å². The Morgan fingerprint density at radius 1 is 1.18 bits per heavy atom. The number of halogens is 4. The molecule has 0 aliphatic rings. The minimum atomic E-state index is -6.28. The fourth-order valence-corrected chi connectivity index (χ4v) is 5.05. The van der Waals surface area contributed by atoms with Crippen molar-refractivity contribution in [2.24, 2.45) is 0 Å².